The van der Waals surface area contributed by atoms with E-state index in [1.54, 1.807) is 6.26 Å². The molecule has 0 radical (unpaired) electrons. The second-order valence-electron chi connectivity index (χ2n) is 7.20. The molecular formula is C24H28N2O2. The third kappa shape index (κ3) is 6.71. The van der Waals surface area contributed by atoms with Crippen LogP contribution in [0.2, 0.25) is 0 Å². The van der Waals surface area contributed by atoms with Crippen molar-refractivity contribution in [3.05, 3.63) is 95.9 Å². The van der Waals surface area contributed by atoms with Crippen LogP contribution >= 0.6 is 0 Å². The average molecular weight is 377 g/mol. The van der Waals surface area contributed by atoms with Crippen LogP contribution in [-0.2, 0) is 24.3 Å². The van der Waals surface area contributed by atoms with Crippen LogP contribution in [0, 0.1) is 0 Å². The topological polar surface area (TPSA) is 45.5 Å². The third-order valence-electron chi connectivity index (χ3n) is 4.69. The number of hydrogen-bond acceptors (Lipinski definition) is 3. The molecule has 1 atom stereocenters. The van der Waals surface area contributed by atoms with E-state index in [1.165, 1.54) is 11.1 Å². The van der Waals surface area contributed by atoms with Gasteiger partial charge in [0.15, 0.2) is 0 Å². The Hall–Kier alpha value is -2.85. The van der Waals surface area contributed by atoms with Crippen molar-refractivity contribution >= 4 is 5.91 Å². The summed E-state index contributed by atoms with van der Waals surface area (Å²) in [5.74, 6) is 0.906. The second kappa shape index (κ2) is 10.5. The molecule has 1 N–H and O–H groups in total. The first-order valence-electron chi connectivity index (χ1n) is 9.81. The van der Waals surface area contributed by atoms with Gasteiger partial charge in [-0.15, -0.1) is 0 Å². The Bertz CT molecular complexity index is 816. The highest BCUT2D eigenvalue weighted by atomic mass is 16.3. The van der Waals surface area contributed by atoms with Crippen LogP contribution in [0.1, 0.15) is 30.2 Å². The molecule has 0 bridgehead atoms. The summed E-state index contributed by atoms with van der Waals surface area (Å²) in [6.45, 7) is 3.71. The monoisotopic (exact) mass is 376 g/mol. The van der Waals surface area contributed by atoms with Gasteiger partial charge < -0.3 is 9.73 Å². The molecule has 4 heteroatoms. The number of furan rings is 1. The summed E-state index contributed by atoms with van der Waals surface area (Å²) in [5.41, 5.74) is 2.48. The predicted octanol–water partition coefficient (Wildman–Crippen LogP) is 4.42. The Labute approximate surface area is 167 Å². The summed E-state index contributed by atoms with van der Waals surface area (Å²) in [6, 6.07) is 24.5. The number of nitrogens with zero attached hydrogens (tertiary/aromatic N) is 1. The molecule has 2 aromatic carbocycles. The maximum absolute atomic E-state index is 12.6. The molecule has 0 fully saturated rings. The Morgan fingerprint density at radius 3 is 2.25 bits per heavy atom. The van der Waals surface area contributed by atoms with Crippen molar-refractivity contribution in [2.75, 3.05) is 6.54 Å². The van der Waals surface area contributed by atoms with Crippen molar-refractivity contribution in [3.8, 4) is 0 Å². The molecule has 1 aromatic heterocycles. The van der Waals surface area contributed by atoms with Crippen LogP contribution in [0.5, 0.6) is 0 Å². The lowest BCUT2D eigenvalue weighted by molar-refractivity contribution is -0.123. The van der Waals surface area contributed by atoms with E-state index in [1.807, 2.05) is 36.4 Å². The Morgan fingerprint density at radius 2 is 1.61 bits per heavy atom. The highest BCUT2D eigenvalue weighted by molar-refractivity contribution is 5.78. The fourth-order valence-corrected chi connectivity index (χ4v) is 3.26. The van der Waals surface area contributed by atoms with Crippen molar-refractivity contribution in [1.82, 2.24) is 10.2 Å². The van der Waals surface area contributed by atoms with Gasteiger partial charge in [-0.25, -0.2) is 0 Å². The van der Waals surface area contributed by atoms with Gasteiger partial charge in [0.2, 0.25) is 5.91 Å². The summed E-state index contributed by atoms with van der Waals surface area (Å²) >= 11 is 0. The minimum absolute atomic E-state index is 0.0445. The van der Waals surface area contributed by atoms with Gasteiger partial charge in [-0.1, -0.05) is 60.7 Å². The molecule has 3 rings (SSSR count). The molecular weight excluding hydrogens is 348 g/mol. The van der Waals surface area contributed by atoms with Gasteiger partial charge in [-0.3, -0.25) is 9.69 Å². The van der Waals surface area contributed by atoms with Crippen LogP contribution in [-0.4, -0.2) is 23.4 Å². The number of carbonyl (C=O) groups is 1. The van der Waals surface area contributed by atoms with E-state index in [2.05, 4.69) is 53.5 Å². The van der Waals surface area contributed by atoms with Crippen LogP contribution in [0.4, 0.5) is 0 Å². The zero-order valence-corrected chi connectivity index (χ0v) is 16.4. The molecule has 0 saturated heterocycles. The van der Waals surface area contributed by atoms with Crippen LogP contribution in [0.15, 0.2) is 83.5 Å². The Balaban J connectivity index is 1.52. The zero-order valence-electron chi connectivity index (χ0n) is 16.4. The molecule has 0 aliphatic carbocycles. The molecule has 28 heavy (non-hydrogen) atoms. The van der Waals surface area contributed by atoms with Gasteiger partial charge in [0.05, 0.1) is 19.4 Å². The highest BCUT2D eigenvalue weighted by Crippen LogP contribution is 2.11. The molecule has 1 amide bonds. The summed E-state index contributed by atoms with van der Waals surface area (Å²) in [5, 5.41) is 3.13. The molecule has 146 valence electrons. The summed E-state index contributed by atoms with van der Waals surface area (Å²) in [7, 11) is 0. The number of aryl methyl sites for hydroxylation is 1. The van der Waals surface area contributed by atoms with E-state index in [9.17, 15) is 4.79 Å². The fourth-order valence-electron chi connectivity index (χ4n) is 3.26. The quantitative estimate of drug-likeness (QED) is 0.570. The highest BCUT2D eigenvalue weighted by Gasteiger charge is 2.15. The normalized spacial score (nSPS) is 12.1. The third-order valence-corrected chi connectivity index (χ3v) is 4.69. The summed E-state index contributed by atoms with van der Waals surface area (Å²) < 4.78 is 5.48. The predicted molar refractivity (Wildman–Crippen MR) is 112 cm³/mol. The summed E-state index contributed by atoms with van der Waals surface area (Å²) in [4.78, 5) is 14.7. The largest absolute Gasteiger partial charge is 0.468 e. The van der Waals surface area contributed by atoms with Crippen LogP contribution in [0.3, 0.4) is 0 Å². The Kier molecular flexibility index (Phi) is 7.44. The molecule has 0 saturated carbocycles. The van der Waals surface area contributed by atoms with Crippen molar-refractivity contribution < 1.29 is 9.21 Å². The average Bonchev–Trinajstić information content (AvgIpc) is 3.21. The molecule has 1 unspecified atom stereocenters. The van der Waals surface area contributed by atoms with Gasteiger partial charge in [0, 0.05) is 12.6 Å². The van der Waals surface area contributed by atoms with Crippen LogP contribution in [0.25, 0.3) is 0 Å². The minimum Gasteiger partial charge on any atom is -0.468 e. The van der Waals surface area contributed by atoms with Crippen molar-refractivity contribution in [3.63, 3.8) is 0 Å². The van der Waals surface area contributed by atoms with Gasteiger partial charge in [-0.05, 0) is 43.0 Å². The maximum atomic E-state index is 12.6. The lowest BCUT2D eigenvalue weighted by atomic mass is 10.1. The lowest BCUT2D eigenvalue weighted by Gasteiger charge is -2.22. The Morgan fingerprint density at radius 1 is 0.929 bits per heavy atom. The van der Waals surface area contributed by atoms with Gasteiger partial charge >= 0.3 is 0 Å². The number of nitrogens with one attached hydrogen (secondary N) is 1. The molecule has 0 aliphatic rings. The number of carbonyl (C=O) groups excluding carboxylic acids is 1. The van der Waals surface area contributed by atoms with Crippen LogP contribution < -0.4 is 5.32 Å². The van der Waals surface area contributed by atoms with E-state index < -0.39 is 0 Å². The maximum Gasteiger partial charge on any atom is 0.234 e. The number of hydrogen-bond donors (Lipinski definition) is 1. The first-order valence-corrected chi connectivity index (χ1v) is 9.81. The first-order chi connectivity index (χ1) is 13.7. The van der Waals surface area contributed by atoms with Crippen molar-refractivity contribution in [2.24, 2.45) is 0 Å². The molecule has 0 spiro atoms. The molecule has 0 aliphatic heterocycles. The van der Waals surface area contributed by atoms with Crippen molar-refractivity contribution in [1.29, 1.82) is 0 Å². The molecule has 1 heterocycles. The van der Waals surface area contributed by atoms with E-state index in [0.29, 0.717) is 19.6 Å². The molecule has 3 aromatic rings. The lowest BCUT2D eigenvalue weighted by Crippen LogP contribution is -2.40. The minimum atomic E-state index is 0.0445. The van der Waals surface area contributed by atoms with Gasteiger partial charge in [0.25, 0.3) is 0 Å². The van der Waals surface area contributed by atoms with E-state index in [-0.39, 0.29) is 11.9 Å². The number of benzene rings is 2. The number of rotatable bonds is 10. The van der Waals surface area contributed by atoms with E-state index in [4.69, 9.17) is 4.42 Å². The van der Waals surface area contributed by atoms with E-state index >= 15 is 0 Å². The van der Waals surface area contributed by atoms with Gasteiger partial charge in [-0.2, -0.15) is 0 Å². The number of amides is 1. The van der Waals surface area contributed by atoms with Crippen molar-refractivity contribution in [2.45, 2.75) is 38.9 Å². The fraction of sp³-hybridized carbons (Fsp3) is 0.292. The van der Waals surface area contributed by atoms with E-state index in [0.717, 1.165) is 18.6 Å². The summed E-state index contributed by atoms with van der Waals surface area (Å²) in [6.07, 6.45) is 3.55. The molecule has 4 nitrogen and oxygen atoms in total. The van der Waals surface area contributed by atoms with Gasteiger partial charge in [0.1, 0.15) is 5.76 Å². The SMILES string of the molecule is CC(CCc1ccccc1)NC(=O)CN(Cc1ccccc1)Cc1ccco1. The standard InChI is InChI=1S/C24H28N2O2/c1-20(14-15-21-9-4-2-5-10-21)25-24(27)19-26(18-23-13-8-16-28-23)17-22-11-6-3-7-12-22/h2-13,16,20H,14-15,17-19H2,1H3,(H,25,27). The second-order valence-corrected chi connectivity index (χ2v) is 7.20. The first kappa shape index (κ1) is 19.9. The smallest absolute Gasteiger partial charge is 0.234 e. The zero-order chi connectivity index (χ0) is 19.6.